The average Bonchev–Trinajstić information content (AvgIpc) is 2.63. The minimum absolute atomic E-state index is 0.937. The number of nitrogens with zero attached hydrogens (tertiary/aromatic N) is 2. The largest absolute Gasteiger partial charge is 0.310 e. The van der Waals surface area contributed by atoms with Crippen molar-refractivity contribution in [2.24, 2.45) is 0 Å². The highest BCUT2D eigenvalue weighted by Gasteiger charge is 2.03. The molecule has 0 saturated carbocycles. The van der Waals surface area contributed by atoms with Crippen molar-refractivity contribution in [2.45, 2.75) is 27.2 Å². The summed E-state index contributed by atoms with van der Waals surface area (Å²) in [4.78, 5) is 4.26. The smallest absolute Gasteiger partial charge is 0.0992 e. The highest BCUT2D eigenvalue weighted by molar-refractivity contribution is 5.56. The van der Waals surface area contributed by atoms with Crippen molar-refractivity contribution < 1.29 is 0 Å². The first-order chi connectivity index (χ1) is 8.20. The molecule has 0 N–H and O–H groups in total. The Balaban J connectivity index is 2.31. The molecule has 1 aliphatic carbocycles. The molecule has 1 heterocycles. The highest BCUT2D eigenvalue weighted by Crippen LogP contribution is 2.20. The Morgan fingerprint density at radius 2 is 2.24 bits per heavy atom. The van der Waals surface area contributed by atoms with Crippen LogP contribution in [0, 0.1) is 6.92 Å². The zero-order valence-corrected chi connectivity index (χ0v) is 10.6. The van der Waals surface area contributed by atoms with Crippen LogP contribution in [-0.2, 0) is 0 Å². The van der Waals surface area contributed by atoms with Gasteiger partial charge in [-0.2, -0.15) is 0 Å². The Morgan fingerprint density at radius 1 is 1.41 bits per heavy atom. The molecule has 0 amide bonds. The van der Waals surface area contributed by atoms with Gasteiger partial charge in [-0.3, -0.25) is 0 Å². The maximum absolute atomic E-state index is 4.26. The summed E-state index contributed by atoms with van der Waals surface area (Å²) in [5.74, 6) is 0. The molecule has 1 aromatic heterocycles. The first-order valence-electron chi connectivity index (χ1n) is 5.92. The monoisotopic (exact) mass is 226 g/mol. The molecule has 88 valence electrons. The third-order valence-corrected chi connectivity index (χ3v) is 3.01. The SMILES string of the molecule is CC=C(C)C1=CC=C(n2cnc(C)c2)CC=C1. The van der Waals surface area contributed by atoms with Crippen LogP contribution in [0.4, 0.5) is 0 Å². The number of allylic oxidation sites excluding steroid dienone is 8. The molecule has 0 aromatic carbocycles. The van der Waals surface area contributed by atoms with Gasteiger partial charge in [-0.1, -0.05) is 24.3 Å². The molecule has 0 radical (unpaired) electrons. The van der Waals surface area contributed by atoms with Crippen LogP contribution in [0.15, 0.2) is 54.1 Å². The van der Waals surface area contributed by atoms with Gasteiger partial charge >= 0.3 is 0 Å². The molecule has 2 heteroatoms. The maximum atomic E-state index is 4.26. The van der Waals surface area contributed by atoms with Gasteiger partial charge < -0.3 is 4.57 Å². The maximum Gasteiger partial charge on any atom is 0.0992 e. The van der Waals surface area contributed by atoms with Gasteiger partial charge in [-0.05, 0) is 38.0 Å². The molecule has 2 rings (SSSR count). The molecule has 0 aliphatic heterocycles. The normalized spacial score (nSPS) is 16.5. The number of aromatic nitrogens is 2. The lowest BCUT2D eigenvalue weighted by Crippen LogP contribution is -1.91. The molecular weight excluding hydrogens is 208 g/mol. The number of hydrogen-bond acceptors (Lipinski definition) is 1. The summed E-state index contributed by atoms with van der Waals surface area (Å²) in [5.41, 5.74) is 4.88. The van der Waals surface area contributed by atoms with Gasteiger partial charge in [-0.25, -0.2) is 4.98 Å². The summed E-state index contributed by atoms with van der Waals surface area (Å²) in [6, 6.07) is 0. The van der Waals surface area contributed by atoms with Gasteiger partial charge in [-0.15, -0.1) is 0 Å². The molecule has 0 fully saturated rings. The molecule has 2 nitrogen and oxygen atoms in total. The van der Waals surface area contributed by atoms with Crippen molar-refractivity contribution >= 4 is 5.70 Å². The fraction of sp³-hybridized carbons (Fsp3) is 0.267. The van der Waals surface area contributed by atoms with E-state index in [9.17, 15) is 0 Å². The summed E-state index contributed by atoms with van der Waals surface area (Å²) >= 11 is 0. The number of rotatable bonds is 2. The lowest BCUT2D eigenvalue weighted by Gasteiger charge is -2.02. The van der Waals surface area contributed by atoms with Crippen molar-refractivity contribution in [2.75, 3.05) is 0 Å². The fourth-order valence-electron chi connectivity index (χ4n) is 1.82. The fourth-order valence-corrected chi connectivity index (χ4v) is 1.82. The summed E-state index contributed by atoms with van der Waals surface area (Å²) in [6.07, 6.45) is 15.7. The van der Waals surface area contributed by atoms with Gasteiger partial charge in [0.15, 0.2) is 0 Å². The second-order valence-corrected chi connectivity index (χ2v) is 4.28. The summed E-state index contributed by atoms with van der Waals surface area (Å²) in [6.45, 7) is 6.21. The van der Waals surface area contributed by atoms with Crippen LogP contribution in [0.5, 0.6) is 0 Å². The predicted octanol–water partition coefficient (Wildman–Crippen LogP) is 3.88. The molecule has 0 unspecified atom stereocenters. The van der Waals surface area contributed by atoms with Gasteiger partial charge in [0.1, 0.15) is 0 Å². The number of hydrogen-bond donors (Lipinski definition) is 0. The van der Waals surface area contributed by atoms with E-state index in [-0.39, 0.29) is 0 Å². The van der Waals surface area contributed by atoms with Crippen LogP contribution in [0.25, 0.3) is 5.70 Å². The van der Waals surface area contributed by atoms with Crippen molar-refractivity contribution in [3.63, 3.8) is 0 Å². The van der Waals surface area contributed by atoms with E-state index in [1.165, 1.54) is 16.8 Å². The lowest BCUT2D eigenvalue weighted by molar-refractivity contribution is 1.04. The molecule has 17 heavy (non-hydrogen) atoms. The quantitative estimate of drug-likeness (QED) is 0.748. The number of aryl methyl sites for hydroxylation is 1. The zero-order chi connectivity index (χ0) is 12.3. The van der Waals surface area contributed by atoms with Crippen LogP contribution in [-0.4, -0.2) is 9.55 Å². The molecule has 0 saturated heterocycles. The second kappa shape index (κ2) is 5.00. The molecule has 1 aromatic rings. The highest BCUT2D eigenvalue weighted by atomic mass is 15.0. The van der Waals surface area contributed by atoms with Gasteiger partial charge in [0.05, 0.1) is 12.0 Å². The lowest BCUT2D eigenvalue weighted by atomic mass is 10.1. The summed E-state index contributed by atoms with van der Waals surface area (Å²) in [5, 5.41) is 0. The van der Waals surface area contributed by atoms with Crippen molar-refractivity contribution in [3.05, 3.63) is 59.7 Å². The third kappa shape index (κ3) is 2.64. The first kappa shape index (κ1) is 11.6. The third-order valence-electron chi connectivity index (χ3n) is 3.01. The Bertz CT molecular complexity index is 525. The van der Waals surface area contributed by atoms with E-state index in [1.807, 2.05) is 13.3 Å². The van der Waals surface area contributed by atoms with Crippen molar-refractivity contribution in [1.29, 1.82) is 0 Å². The van der Waals surface area contributed by atoms with Crippen molar-refractivity contribution in [3.8, 4) is 0 Å². The Labute approximate surface area is 103 Å². The van der Waals surface area contributed by atoms with Crippen LogP contribution in [0.3, 0.4) is 0 Å². The van der Waals surface area contributed by atoms with E-state index >= 15 is 0 Å². The van der Waals surface area contributed by atoms with Gasteiger partial charge in [0.2, 0.25) is 0 Å². The van der Waals surface area contributed by atoms with E-state index in [0.717, 1.165) is 12.1 Å². The van der Waals surface area contributed by atoms with Crippen LogP contribution in [0.2, 0.25) is 0 Å². The zero-order valence-electron chi connectivity index (χ0n) is 10.6. The minimum atomic E-state index is 0.937. The molecule has 0 bridgehead atoms. The summed E-state index contributed by atoms with van der Waals surface area (Å²) in [7, 11) is 0. The summed E-state index contributed by atoms with van der Waals surface area (Å²) < 4.78 is 2.09. The van der Waals surface area contributed by atoms with Gasteiger partial charge in [0, 0.05) is 18.3 Å². The molecule has 0 atom stereocenters. The van der Waals surface area contributed by atoms with E-state index < -0.39 is 0 Å². The molecule has 1 aliphatic rings. The van der Waals surface area contributed by atoms with Gasteiger partial charge in [0.25, 0.3) is 0 Å². The Hall–Kier alpha value is -1.83. The van der Waals surface area contributed by atoms with E-state index in [4.69, 9.17) is 0 Å². The van der Waals surface area contributed by atoms with E-state index in [2.05, 4.69) is 60.0 Å². The first-order valence-corrected chi connectivity index (χ1v) is 5.92. The predicted molar refractivity (Wildman–Crippen MR) is 72.5 cm³/mol. The van der Waals surface area contributed by atoms with Crippen molar-refractivity contribution in [1.82, 2.24) is 9.55 Å². The molecule has 0 spiro atoms. The van der Waals surface area contributed by atoms with Crippen LogP contribution in [0.1, 0.15) is 26.0 Å². The standard InChI is InChI=1S/C15H18N2/c1-4-12(2)14-6-5-7-15(9-8-14)17-10-13(3)16-11-17/h4-6,8-11H,7H2,1-3H3. The Kier molecular flexibility index (Phi) is 3.43. The topological polar surface area (TPSA) is 17.8 Å². The van der Waals surface area contributed by atoms with E-state index in [1.54, 1.807) is 0 Å². The Morgan fingerprint density at radius 3 is 2.88 bits per heavy atom. The van der Waals surface area contributed by atoms with Crippen LogP contribution >= 0.6 is 0 Å². The number of imidazole rings is 1. The molecular formula is C15H18N2. The average molecular weight is 226 g/mol. The second-order valence-electron chi connectivity index (χ2n) is 4.28. The van der Waals surface area contributed by atoms with Crippen LogP contribution < -0.4 is 0 Å². The minimum Gasteiger partial charge on any atom is -0.310 e. The van der Waals surface area contributed by atoms with E-state index in [0.29, 0.717) is 0 Å².